The SMILES string of the molecule is O=C(O)c1csc(-c2csc(C3CSCCS3)n2)c1. The zero-order valence-electron chi connectivity index (χ0n) is 9.87. The van der Waals surface area contributed by atoms with Crippen LogP contribution in [0.2, 0.25) is 0 Å². The summed E-state index contributed by atoms with van der Waals surface area (Å²) in [5, 5.41) is 14.3. The van der Waals surface area contributed by atoms with E-state index < -0.39 is 5.97 Å². The van der Waals surface area contributed by atoms with Crippen molar-refractivity contribution in [2.45, 2.75) is 5.25 Å². The molecule has 1 fully saturated rings. The van der Waals surface area contributed by atoms with E-state index in [9.17, 15) is 4.79 Å². The summed E-state index contributed by atoms with van der Waals surface area (Å²) >= 11 is 7.08. The molecule has 0 aromatic carbocycles. The second-order valence-electron chi connectivity index (χ2n) is 4.01. The summed E-state index contributed by atoms with van der Waals surface area (Å²) in [4.78, 5) is 16.5. The zero-order valence-corrected chi connectivity index (χ0v) is 13.1. The maximum Gasteiger partial charge on any atom is 0.336 e. The van der Waals surface area contributed by atoms with Crippen LogP contribution in [0.3, 0.4) is 0 Å². The number of nitrogens with zero attached hydrogens (tertiary/aromatic N) is 1. The summed E-state index contributed by atoms with van der Waals surface area (Å²) in [6.07, 6.45) is 0. The van der Waals surface area contributed by atoms with E-state index in [4.69, 9.17) is 5.11 Å². The zero-order chi connectivity index (χ0) is 13.2. The van der Waals surface area contributed by atoms with Gasteiger partial charge in [0.1, 0.15) is 5.01 Å². The molecule has 0 aliphatic carbocycles. The smallest absolute Gasteiger partial charge is 0.336 e. The van der Waals surface area contributed by atoms with Gasteiger partial charge in [-0.05, 0) is 6.07 Å². The van der Waals surface area contributed by atoms with Gasteiger partial charge in [0.25, 0.3) is 0 Å². The molecule has 3 rings (SSSR count). The molecule has 0 amide bonds. The molecule has 1 aliphatic rings. The molecule has 1 aliphatic heterocycles. The molecule has 0 saturated carbocycles. The van der Waals surface area contributed by atoms with E-state index in [1.807, 2.05) is 28.9 Å². The van der Waals surface area contributed by atoms with Gasteiger partial charge in [0.05, 0.1) is 21.4 Å². The number of carbonyl (C=O) groups is 1. The quantitative estimate of drug-likeness (QED) is 0.919. The number of aromatic carboxylic acids is 1. The molecular weight excluding hydrogens is 318 g/mol. The molecule has 7 heteroatoms. The van der Waals surface area contributed by atoms with Crippen molar-refractivity contribution in [3.63, 3.8) is 0 Å². The Labute approximate surface area is 127 Å². The van der Waals surface area contributed by atoms with E-state index in [-0.39, 0.29) is 0 Å². The largest absolute Gasteiger partial charge is 0.478 e. The number of thiazole rings is 1. The molecule has 19 heavy (non-hydrogen) atoms. The van der Waals surface area contributed by atoms with E-state index >= 15 is 0 Å². The highest BCUT2D eigenvalue weighted by Gasteiger charge is 2.20. The molecule has 0 spiro atoms. The molecule has 1 unspecified atom stereocenters. The Morgan fingerprint density at radius 3 is 2.89 bits per heavy atom. The van der Waals surface area contributed by atoms with Crippen molar-refractivity contribution < 1.29 is 9.90 Å². The first-order valence-electron chi connectivity index (χ1n) is 5.71. The monoisotopic (exact) mass is 329 g/mol. The second-order valence-corrected chi connectivity index (χ2v) is 8.27. The normalized spacial score (nSPS) is 19.5. The van der Waals surface area contributed by atoms with Gasteiger partial charge in [-0.15, -0.1) is 34.4 Å². The Kier molecular flexibility index (Phi) is 4.16. The van der Waals surface area contributed by atoms with Gasteiger partial charge < -0.3 is 5.11 Å². The number of hydrogen-bond donors (Lipinski definition) is 1. The van der Waals surface area contributed by atoms with Crippen LogP contribution in [-0.2, 0) is 0 Å². The van der Waals surface area contributed by atoms with Gasteiger partial charge in [-0.1, -0.05) is 0 Å². The molecule has 1 N–H and O–H groups in total. The standard InChI is InChI=1S/C12H11NO2S4/c14-12(15)7-3-9(18-4-7)8-5-19-11(13-8)10-6-16-1-2-17-10/h3-5,10H,1-2,6H2,(H,14,15). The first-order chi connectivity index (χ1) is 9.24. The van der Waals surface area contributed by atoms with Gasteiger partial charge in [0.2, 0.25) is 0 Å². The molecule has 2 aromatic rings. The molecular formula is C12H11NO2S4. The Morgan fingerprint density at radius 2 is 2.21 bits per heavy atom. The van der Waals surface area contributed by atoms with Crippen LogP contribution in [-0.4, -0.2) is 33.3 Å². The van der Waals surface area contributed by atoms with Crippen molar-refractivity contribution in [2.24, 2.45) is 0 Å². The van der Waals surface area contributed by atoms with Gasteiger partial charge >= 0.3 is 5.97 Å². The van der Waals surface area contributed by atoms with Gasteiger partial charge in [0, 0.05) is 28.0 Å². The number of carboxylic acids is 1. The fourth-order valence-corrected chi connectivity index (χ4v) is 6.50. The van der Waals surface area contributed by atoms with Gasteiger partial charge in [-0.3, -0.25) is 0 Å². The minimum absolute atomic E-state index is 0.345. The summed E-state index contributed by atoms with van der Waals surface area (Å²) in [5.41, 5.74) is 1.26. The predicted octanol–water partition coefficient (Wildman–Crippen LogP) is 4.09. The van der Waals surface area contributed by atoms with Crippen LogP contribution in [0, 0.1) is 0 Å². The van der Waals surface area contributed by atoms with Crippen LogP contribution in [0.4, 0.5) is 0 Å². The third kappa shape index (κ3) is 2.99. The lowest BCUT2D eigenvalue weighted by molar-refractivity contribution is 0.0697. The van der Waals surface area contributed by atoms with Crippen LogP contribution in [0.5, 0.6) is 0 Å². The summed E-state index contributed by atoms with van der Waals surface area (Å²) < 4.78 is 0. The van der Waals surface area contributed by atoms with Crippen molar-refractivity contribution >= 4 is 52.2 Å². The number of thioether (sulfide) groups is 2. The van der Waals surface area contributed by atoms with Crippen LogP contribution in [0.25, 0.3) is 10.6 Å². The van der Waals surface area contributed by atoms with Crippen LogP contribution < -0.4 is 0 Å². The minimum Gasteiger partial charge on any atom is -0.478 e. The van der Waals surface area contributed by atoms with Gasteiger partial charge in [-0.25, -0.2) is 9.78 Å². The number of hydrogen-bond acceptors (Lipinski definition) is 6. The summed E-state index contributed by atoms with van der Waals surface area (Å²) in [6.45, 7) is 0. The van der Waals surface area contributed by atoms with Gasteiger partial charge in [0.15, 0.2) is 0 Å². The van der Waals surface area contributed by atoms with Crippen molar-refractivity contribution in [2.75, 3.05) is 17.3 Å². The van der Waals surface area contributed by atoms with Crippen molar-refractivity contribution in [1.29, 1.82) is 0 Å². The molecule has 100 valence electrons. The number of carboxylic acid groups (broad SMARTS) is 1. The molecule has 3 heterocycles. The molecule has 0 radical (unpaired) electrons. The summed E-state index contributed by atoms with van der Waals surface area (Å²) in [7, 11) is 0. The van der Waals surface area contributed by atoms with E-state index in [1.165, 1.54) is 22.8 Å². The topological polar surface area (TPSA) is 50.2 Å². The Morgan fingerprint density at radius 1 is 1.32 bits per heavy atom. The highest BCUT2D eigenvalue weighted by atomic mass is 32.2. The first kappa shape index (κ1) is 13.5. The van der Waals surface area contributed by atoms with E-state index in [1.54, 1.807) is 22.8 Å². The average Bonchev–Trinajstić information content (AvgIpc) is 3.09. The van der Waals surface area contributed by atoms with Crippen molar-refractivity contribution in [3.05, 3.63) is 27.4 Å². The second kappa shape index (κ2) is 5.87. The fourth-order valence-electron chi connectivity index (χ4n) is 1.76. The highest BCUT2D eigenvalue weighted by molar-refractivity contribution is 8.06. The maximum atomic E-state index is 10.9. The highest BCUT2D eigenvalue weighted by Crippen LogP contribution is 2.39. The van der Waals surface area contributed by atoms with E-state index in [0.717, 1.165) is 21.3 Å². The molecule has 1 atom stereocenters. The number of rotatable bonds is 3. The third-order valence-corrected chi connectivity index (χ3v) is 7.54. The van der Waals surface area contributed by atoms with Crippen LogP contribution >= 0.6 is 46.2 Å². The first-order valence-corrected chi connectivity index (χ1v) is 9.67. The Balaban J connectivity index is 1.81. The minimum atomic E-state index is -0.878. The maximum absolute atomic E-state index is 10.9. The average molecular weight is 329 g/mol. The summed E-state index contributed by atoms with van der Waals surface area (Å²) in [6, 6.07) is 1.70. The molecule has 2 aromatic heterocycles. The van der Waals surface area contributed by atoms with Crippen LogP contribution in [0.15, 0.2) is 16.8 Å². The third-order valence-electron chi connectivity index (χ3n) is 2.71. The van der Waals surface area contributed by atoms with Crippen LogP contribution in [0.1, 0.15) is 20.6 Å². The predicted molar refractivity (Wildman–Crippen MR) is 84.9 cm³/mol. The summed E-state index contributed by atoms with van der Waals surface area (Å²) in [5.74, 6) is 2.67. The molecule has 0 bridgehead atoms. The van der Waals surface area contributed by atoms with Crippen molar-refractivity contribution in [1.82, 2.24) is 4.98 Å². The lowest BCUT2D eigenvalue weighted by atomic mass is 10.3. The number of aromatic nitrogens is 1. The van der Waals surface area contributed by atoms with E-state index in [2.05, 4.69) is 4.98 Å². The van der Waals surface area contributed by atoms with Crippen molar-refractivity contribution in [3.8, 4) is 10.6 Å². The Bertz CT molecular complexity index is 586. The van der Waals surface area contributed by atoms with E-state index in [0.29, 0.717) is 10.8 Å². The Hall–Kier alpha value is -0.500. The lowest BCUT2D eigenvalue weighted by Crippen LogP contribution is -2.05. The molecule has 1 saturated heterocycles. The van der Waals surface area contributed by atoms with Gasteiger partial charge in [-0.2, -0.15) is 11.8 Å². The molecule has 3 nitrogen and oxygen atoms in total. The number of thiophene rings is 1. The fraction of sp³-hybridized carbons (Fsp3) is 0.333. The lowest BCUT2D eigenvalue weighted by Gasteiger charge is -2.18.